The summed E-state index contributed by atoms with van der Waals surface area (Å²) in [6.07, 6.45) is 3.08. The minimum Gasteiger partial charge on any atom is -0.497 e. The van der Waals surface area contributed by atoms with Gasteiger partial charge >= 0.3 is 0 Å². The molecule has 1 saturated heterocycles. The number of nitrogens with one attached hydrogen (secondary N) is 2. The van der Waals surface area contributed by atoms with E-state index in [4.69, 9.17) is 21.6 Å². The second-order valence-corrected chi connectivity index (χ2v) is 10.6. The highest BCUT2D eigenvalue weighted by Crippen LogP contribution is 2.22. The van der Waals surface area contributed by atoms with Crippen LogP contribution in [0, 0.1) is 5.41 Å². The second kappa shape index (κ2) is 13.4. The first-order chi connectivity index (χ1) is 18.8. The fraction of sp³-hybridized carbons (Fsp3) is 0.419. The number of carbonyl (C=O) groups is 1. The number of benzene rings is 3. The zero-order valence-electron chi connectivity index (χ0n) is 23.1. The van der Waals surface area contributed by atoms with Crippen LogP contribution in [0.3, 0.4) is 0 Å². The summed E-state index contributed by atoms with van der Waals surface area (Å²) in [5.41, 5.74) is 14.3. The first-order valence-electron chi connectivity index (χ1n) is 13.8. The van der Waals surface area contributed by atoms with Crippen LogP contribution < -0.4 is 21.5 Å². The lowest BCUT2D eigenvalue weighted by Gasteiger charge is -2.46. The highest BCUT2D eigenvalue weighted by Gasteiger charge is 2.35. The normalized spacial score (nSPS) is 18.6. The minimum atomic E-state index is -0.604. The van der Waals surface area contributed by atoms with Gasteiger partial charge in [-0.2, -0.15) is 0 Å². The molecule has 3 aromatic rings. The van der Waals surface area contributed by atoms with Crippen LogP contribution in [-0.2, 0) is 17.6 Å². The van der Waals surface area contributed by atoms with Crippen molar-refractivity contribution in [2.45, 2.75) is 50.7 Å². The smallest absolute Gasteiger partial charge is 0.240 e. The summed E-state index contributed by atoms with van der Waals surface area (Å²) in [6, 6.07) is 22.5. The zero-order valence-corrected chi connectivity index (χ0v) is 23.1. The van der Waals surface area contributed by atoms with Gasteiger partial charge in [-0.05, 0) is 66.6 Å². The molecule has 1 aliphatic rings. The van der Waals surface area contributed by atoms with E-state index in [9.17, 15) is 4.79 Å². The Labute approximate surface area is 231 Å². The standard InChI is InChI=1S/C31H42N6O2/c1-22-20-37(30(38)29(32)19-23-10-13-28(39-2)14-11-23)27(8-5-16-35-31(33)34)21-36(22)17-15-24-9-12-25-6-3-4-7-26(25)18-24/h3-4,6-7,9-14,18,22,27,29H,5,8,15-17,19-21,32H2,1-2H3,(H4,33,34,35)/t22-,27+,29-/m1/s1. The first kappa shape index (κ1) is 28.4. The van der Waals surface area contributed by atoms with Gasteiger partial charge in [0.1, 0.15) is 5.75 Å². The molecule has 1 heterocycles. The van der Waals surface area contributed by atoms with Gasteiger partial charge in [-0.15, -0.1) is 0 Å². The number of methoxy groups -OCH3 is 1. The Bertz CT molecular complexity index is 1250. The topological polar surface area (TPSA) is 121 Å². The predicted octanol–water partition coefficient (Wildman–Crippen LogP) is 3.13. The van der Waals surface area contributed by atoms with Crippen molar-refractivity contribution in [1.82, 2.24) is 15.1 Å². The van der Waals surface area contributed by atoms with E-state index in [1.807, 2.05) is 29.2 Å². The molecule has 8 heteroatoms. The molecule has 0 aromatic heterocycles. The lowest BCUT2D eigenvalue weighted by atomic mass is 9.98. The minimum absolute atomic E-state index is 0.00336. The number of amides is 1. The fourth-order valence-corrected chi connectivity index (χ4v) is 5.47. The molecule has 0 bridgehead atoms. The number of rotatable bonds is 11. The van der Waals surface area contributed by atoms with Crippen molar-refractivity contribution < 1.29 is 9.53 Å². The summed E-state index contributed by atoms with van der Waals surface area (Å²) in [4.78, 5) is 18.1. The van der Waals surface area contributed by atoms with Gasteiger partial charge in [0.15, 0.2) is 5.96 Å². The van der Waals surface area contributed by atoms with Gasteiger partial charge in [-0.25, -0.2) is 0 Å². The molecule has 4 rings (SSSR count). The van der Waals surface area contributed by atoms with Crippen molar-refractivity contribution >= 4 is 22.6 Å². The Kier molecular flexibility index (Phi) is 9.79. The van der Waals surface area contributed by atoms with Crippen LogP contribution in [0.1, 0.15) is 30.9 Å². The molecule has 1 fully saturated rings. The van der Waals surface area contributed by atoms with Crippen LogP contribution in [0.15, 0.2) is 66.7 Å². The fourth-order valence-electron chi connectivity index (χ4n) is 5.47. The average molecular weight is 531 g/mol. The SMILES string of the molecule is COc1ccc(C[C@@H](N)C(=O)N2C[C@@H](C)N(CCc3ccc4ccccc4c3)C[C@@H]2CCCNC(=N)N)cc1. The maximum absolute atomic E-state index is 13.6. The predicted molar refractivity (Wildman–Crippen MR) is 158 cm³/mol. The first-order valence-corrected chi connectivity index (χ1v) is 13.8. The summed E-state index contributed by atoms with van der Waals surface area (Å²) < 4.78 is 5.24. The maximum atomic E-state index is 13.6. The third-order valence-electron chi connectivity index (χ3n) is 7.72. The molecule has 8 nitrogen and oxygen atoms in total. The van der Waals surface area contributed by atoms with Gasteiger partial charge in [0.2, 0.25) is 5.91 Å². The number of fused-ring (bicyclic) bond motifs is 1. The summed E-state index contributed by atoms with van der Waals surface area (Å²) in [7, 11) is 1.64. The quantitative estimate of drug-likeness (QED) is 0.172. The number of nitrogens with two attached hydrogens (primary N) is 2. The molecule has 1 amide bonds. The van der Waals surface area contributed by atoms with Gasteiger partial charge in [-0.1, -0.05) is 54.6 Å². The number of guanidine groups is 1. The van der Waals surface area contributed by atoms with Crippen molar-refractivity contribution in [3.05, 3.63) is 77.9 Å². The van der Waals surface area contributed by atoms with E-state index in [0.29, 0.717) is 19.5 Å². The van der Waals surface area contributed by atoms with E-state index in [-0.39, 0.29) is 24.0 Å². The number of hydrogen-bond acceptors (Lipinski definition) is 5. The van der Waals surface area contributed by atoms with Crippen LogP contribution in [0.25, 0.3) is 10.8 Å². The lowest BCUT2D eigenvalue weighted by molar-refractivity contribution is -0.139. The highest BCUT2D eigenvalue weighted by atomic mass is 16.5. The molecule has 0 spiro atoms. The summed E-state index contributed by atoms with van der Waals surface area (Å²) in [6.45, 7) is 5.19. The van der Waals surface area contributed by atoms with E-state index in [1.165, 1.54) is 16.3 Å². The average Bonchev–Trinajstić information content (AvgIpc) is 2.94. The number of ether oxygens (including phenoxy) is 1. The van der Waals surface area contributed by atoms with Crippen molar-refractivity contribution in [3.63, 3.8) is 0 Å². The maximum Gasteiger partial charge on any atom is 0.240 e. The van der Waals surface area contributed by atoms with Gasteiger partial charge in [-0.3, -0.25) is 15.1 Å². The van der Waals surface area contributed by atoms with Gasteiger partial charge in [0.05, 0.1) is 13.2 Å². The van der Waals surface area contributed by atoms with E-state index < -0.39 is 6.04 Å². The van der Waals surface area contributed by atoms with E-state index in [1.54, 1.807) is 7.11 Å². The van der Waals surface area contributed by atoms with Gasteiger partial charge in [0.25, 0.3) is 0 Å². The Morgan fingerprint density at radius 1 is 1.08 bits per heavy atom. The summed E-state index contributed by atoms with van der Waals surface area (Å²) in [5, 5.41) is 12.8. The molecule has 3 aromatic carbocycles. The number of hydrogen-bond donors (Lipinski definition) is 4. The largest absolute Gasteiger partial charge is 0.497 e. The summed E-state index contributed by atoms with van der Waals surface area (Å²) >= 11 is 0. The van der Waals surface area contributed by atoms with Crippen molar-refractivity contribution in [3.8, 4) is 5.75 Å². The van der Waals surface area contributed by atoms with Crippen molar-refractivity contribution in [2.75, 3.05) is 33.3 Å². The van der Waals surface area contributed by atoms with E-state index >= 15 is 0 Å². The van der Waals surface area contributed by atoms with Crippen molar-refractivity contribution in [2.24, 2.45) is 11.5 Å². The van der Waals surface area contributed by atoms with E-state index in [2.05, 4.69) is 59.6 Å². The number of nitrogens with zero attached hydrogens (tertiary/aromatic N) is 2. The molecule has 39 heavy (non-hydrogen) atoms. The number of carbonyl (C=O) groups excluding carboxylic acids is 1. The van der Waals surface area contributed by atoms with Crippen molar-refractivity contribution in [1.29, 1.82) is 5.41 Å². The molecule has 208 valence electrons. The zero-order chi connectivity index (χ0) is 27.8. The number of piperazine rings is 1. The molecule has 0 radical (unpaired) electrons. The Balaban J connectivity index is 1.41. The third kappa shape index (κ3) is 7.71. The molecular weight excluding hydrogens is 488 g/mol. The Morgan fingerprint density at radius 2 is 1.79 bits per heavy atom. The second-order valence-electron chi connectivity index (χ2n) is 10.6. The van der Waals surface area contributed by atoms with Crippen LogP contribution in [-0.4, -0.2) is 73.1 Å². The lowest BCUT2D eigenvalue weighted by Crippen LogP contribution is -2.62. The monoisotopic (exact) mass is 530 g/mol. The molecule has 0 unspecified atom stereocenters. The van der Waals surface area contributed by atoms with Crippen LogP contribution in [0.5, 0.6) is 5.75 Å². The molecule has 0 saturated carbocycles. The van der Waals surface area contributed by atoms with Gasteiger partial charge in [0, 0.05) is 38.3 Å². The summed E-state index contributed by atoms with van der Waals surface area (Å²) in [5.74, 6) is 0.751. The highest BCUT2D eigenvalue weighted by molar-refractivity contribution is 5.83. The molecule has 6 N–H and O–H groups in total. The third-order valence-corrected chi connectivity index (χ3v) is 7.72. The molecular formula is C31H42N6O2. The van der Waals surface area contributed by atoms with Crippen LogP contribution in [0.2, 0.25) is 0 Å². The van der Waals surface area contributed by atoms with Crippen LogP contribution >= 0.6 is 0 Å². The van der Waals surface area contributed by atoms with E-state index in [0.717, 1.165) is 43.7 Å². The van der Waals surface area contributed by atoms with Gasteiger partial charge < -0.3 is 26.4 Å². The molecule has 3 atom stereocenters. The Morgan fingerprint density at radius 3 is 2.51 bits per heavy atom. The molecule has 1 aliphatic heterocycles. The molecule has 0 aliphatic carbocycles. The van der Waals surface area contributed by atoms with Crippen LogP contribution in [0.4, 0.5) is 0 Å². The Hall–Kier alpha value is -3.62.